The van der Waals surface area contributed by atoms with Crippen LogP contribution < -0.4 is 15.9 Å². The summed E-state index contributed by atoms with van der Waals surface area (Å²) in [6.07, 6.45) is 1.20. The van der Waals surface area contributed by atoms with Crippen molar-refractivity contribution in [3.8, 4) is 0 Å². The Morgan fingerprint density at radius 2 is 1.91 bits per heavy atom. The normalized spacial score (nSPS) is 16.4. The number of carbonyl (C=O) groups excluding carboxylic acids is 1. The zero-order chi connectivity index (χ0) is 22.8. The van der Waals surface area contributed by atoms with Crippen LogP contribution in [0.4, 0.5) is 5.69 Å². The number of benzene rings is 2. The van der Waals surface area contributed by atoms with Crippen molar-refractivity contribution in [2.24, 2.45) is 0 Å². The van der Waals surface area contributed by atoms with Crippen LogP contribution in [0.5, 0.6) is 0 Å². The number of hydrogen-bond acceptors (Lipinski definition) is 5. The van der Waals surface area contributed by atoms with Gasteiger partial charge in [0, 0.05) is 43.3 Å². The molecular weight excluding hydrogens is 404 g/mol. The van der Waals surface area contributed by atoms with Gasteiger partial charge in [0.15, 0.2) is 5.49 Å². The van der Waals surface area contributed by atoms with E-state index in [2.05, 4.69) is 22.0 Å². The van der Waals surface area contributed by atoms with E-state index in [0.717, 1.165) is 25.2 Å². The molecule has 2 aromatic carbocycles. The Morgan fingerprint density at radius 1 is 1.16 bits per heavy atom. The van der Waals surface area contributed by atoms with Crippen molar-refractivity contribution in [1.82, 2.24) is 14.5 Å². The summed E-state index contributed by atoms with van der Waals surface area (Å²) in [7, 11) is 0. The zero-order valence-corrected chi connectivity index (χ0v) is 18.4. The summed E-state index contributed by atoms with van der Waals surface area (Å²) in [5, 5.41) is 16.4. The van der Waals surface area contributed by atoms with Gasteiger partial charge in [0.1, 0.15) is 5.84 Å². The third-order valence-corrected chi connectivity index (χ3v) is 5.94. The second-order valence-electron chi connectivity index (χ2n) is 8.20. The van der Waals surface area contributed by atoms with Crippen LogP contribution in [0.2, 0.25) is 0 Å². The number of amides is 1. The monoisotopic (exact) mass is 432 g/mol. The quantitative estimate of drug-likeness (QED) is 0.436. The summed E-state index contributed by atoms with van der Waals surface area (Å²) in [6.45, 7) is 6.10. The Hall–Kier alpha value is -3.68. The van der Waals surface area contributed by atoms with Crippen LogP contribution in [0.25, 0.3) is 11.0 Å². The number of rotatable bonds is 4. The van der Waals surface area contributed by atoms with Gasteiger partial charge in [-0.05, 0) is 43.7 Å². The molecule has 0 radical (unpaired) electrons. The summed E-state index contributed by atoms with van der Waals surface area (Å²) >= 11 is 0. The first kappa shape index (κ1) is 21.5. The Kier molecular flexibility index (Phi) is 5.94. The molecule has 166 valence electrons. The number of nitrogens with one attached hydrogen (secondary N) is 3. The van der Waals surface area contributed by atoms with E-state index in [1.165, 1.54) is 4.57 Å². The highest BCUT2D eigenvalue weighted by Gasteiger charge is 2.28. The van der Waals surface area contributed by atoms with Gasteiger partial charge in [0.25, 0.3) is 11.5 Å². The summed E-state index contributed by atoms with van der Waals surface area (Å²) in [5.74, 6) is 0.108. The van der Waals surface area contributed by atoms with E-state index in [9.17, 15) is 9.59 Å². The molecule has 0 aliphatic carbocycles. The van der Waals surface area contributed by atoms with Gasteiger partial charge in [-0.1, -0.05) is 25.1 Å². The third kappa shape index (κ3) is 3.95. The predicted molar refractivity (Wildman–Crippen MR) is 126 cm³/mol. The number of fused-ring (bicyclic) bond motifs is 1. The number of aromatic nitrogens is 2. The van der Waals surface area contributed by atoms with Crippen LogP contribution in [-0.4, -0.2) is 51.9 Å². The first-order chi connectivity index (χ1) is 15.4. The van der Waals surface area contributed by atoms with Gasteiger partial charge in [0.05, 0.1) is 11.0 Å². The lowest BCUT2D eigenvalue weighted by Gasteiger charge is -2.41. The van der Waals surface area contributed by atoms with Gasteiger partial charge >= 0.3 is 0 Å². The average molecular weight is 433 g/mol. The average Bonchev–Trinajstić information content (AvgIpc) is 2.80. The molecule has 2 heterocycles. The molecule has 0 bridgehead atoms. The number of piperazine rings is 1. The highest BCUT2D eigenvalue weighted by Crippen LogP contribution is 2.21. The smallest absolute Gasteiger partial charge is 0.291 e. The Balaban J connectivity index is 1.62. The van der Waals surface area contributed by atoms with Crippen LogP contribution in [0, 0.1) is 10.8 Å². The van der Waals surface area contributed by atoms with Crippen LogP contribution in [-0.2, 0) is 0 Å². The molecule has 3 aromatic rings. The molecule has 1 fully saturated rings. The fourth-order valence-corrected chi connectivity index (χ4v) is 4.30. The zero-order valence-electron chi connectivity index (χ0n) is 18.4. The van der Waals surface area contributed by atoms with Gasteiger partial charge in [-0.3, -0.25) is 25.0 Å². The van der Waals surface area contributed by atoms with Gasteiger partial charge in [0.2, 0.25) is 0 Å². The number of para-hydroxylation sites is 1. The Morgan fingerprint density at radius 3 is 2.59 bits per heavy atom. The molecule has 8 nitrogen and oxygen atoms in total. The van der Waals surface area contributed by atoms with Crippen molar-refractivity contribution in [1.29, 1.82) is 10.8 Å². The molecular formula is C24H28N6O2. The molecule has 1 amide bonds. The maximum atomic E-state index is 13.3. The van der Waals surface area contributed by atoms with Gasteiger partial charge in [-0.2, -0.15) is 0 Å². The van der Waals surface area contributed by atoms with Crippen molar-refractivity contribution in [2.45, 2.75) is 32.7 Å². The third-order valence-electron chi connectivity index (χ3n) is 5.94. The second kappa shape index (κ2) is 8.82. The molecule has 0 spiro atoms. The number of carbonyl (C=O) groups is 1. The number of hydrogen-bond donors (Lipinski definition) is 3. The minimum absolute atomic E-state index is 0.0319. The fourth-order valence-electron chi connectivity index (χ4n) is 4.30. The minimum Gasteiger partial charge on any atom is -0.368 e. The maximum absolute atomic E-state index is 13.3. The lowest BCUT2D eigenvalue weighted by atomic mass is 10.1. The molecule has 3 N–H and O–H groups in total. The number of nitrogens with zero attached hydrogens (tertiary/aromatic N) is 3. The Labute approximate surface area is 186 Å². The minimum atomic E-state index is -0.576. The van der Waals surface area contributed by atoms with Crippen LogP contribution in [0.3, 0.4) is 0 Å². The molecule has 1 atom stereocenters. The van der Waals surface area contributed by atoms with E-state index in [1.807, 2.05) is 36.9 Å². The van der Waals surface area contributed by atoms with Crippen molar-refractivity contribution >= 4 is 28.5 Å². The first-order valence-electron chi connectivity index (χ1n) is 10.9. The summed E-state index contributed by atoms with van der Waals surface area (Å²) in [5.41, 5.74) is 1.78. The summed E-state index contributed by atoms with van der Waals surface area (Å²) < 4.78 is 1.35. The van der Waals surface area contributed by atoms with Crippen molar-refractivity contribution in [3.05, 3.63) is 69.9 Å². The largest absolute Gasteiger partial charge is 0.368 e. The van der Waals surface area contributed by atoms with E-state index in [4.69, 9.17) is 10.8 Å². The standard InChI is InChI=1S/C24H28N6O2/c1-3-7-21(25)30-20-11-10-17(14-19(20)27-23(31)22(30)26)24(32)29-13-12-28(15-16(29)2)18-8-5-4-6-9-18/h4-6,8-11,14,16,25-26H,3,7,12-13,15H2,1-2H3,(H,27,31). The molecule has 1 unspecified atom stereocenters. The molecule has 4 rings (SSSR count). The SMILES string of the molecule is CCCC(=N)n1c(=N)c(=O)[nH]c2cc(C(=O)N3CCN(c4ccccc4)CC3C)ccc21. The summed E-state index contributed by atoms with van der Waals surface area (Å²) in [6, 6.07) is 15.3. The van der Waals surface area contributed by atoms with E-state index >= 15 is 0 Å². The molecule has 1 aliphatic heterocycles. The van der Waals surface area contributed by atoms with Gasteiger partial charge in [-0.15, -0.1) is 0 Å². The maximum Gasteiger partial charge on any atom is 0.291 e. The number of aromatic amines is 1. The highest BCUT2D eigenvalue weighted by molar-refractivity contribution is 5.99. The second-order valence-corrected chi connectivity index (χ2v) is 8.20. The molecule has 32 heavy (non-hydrogen) atoms. The van der Waals surface area contributed by atoms with Crippen molar-refractivity contribution in [2.75, 3.05) is 24.5 Å². The van der Waals surface area contributed by atoms with Gasteiger partial charge in [-0.25, -0.2) is 0 Å². The molecule has 8 heteroatoms. The van der Waals surface area contributed by atoms with Crippen LogP contribution >= 0.6 is 0 Å². The van der Waals surface area contributed by atoms with Crippen molar-refractivity contribution in [3.63, 3.8) is 0 Å². The lowest BCUT2D eigenvalue weighted by Crippen LogP contribution is -2.54. The fraction of sp³-hybridized carbons (Fsp3) is 0.333. The van der Waals surface area contributed by atoms with E-state index in [-0.39, 0.29) is 23.3 Å². The molecule has 1 aromatic heterocycles. The predicted octanol–water partition coefficient (Wildman–Crippen LogP) is 2.79. The summed E-state index contributed by atoms with van der Waals surface area (Å²) in [4.78, 5) is 32.4. The van der Waals surface area contributed by atoms with Crippen LogP contribution in [0.15, 0.2) is 53.3 Å². The highest BCUT2D eigenvalue weighted by atomic mass is 16.2. The van der Waals surface area contributed by atoms with E-state index in [1.54, 1.807) is 18.2 Å². The first-order valence-corrected chi connectivity index (χ1v) is 10.9. The van der Waals surface area contributed by atoms with Gasteiger partial charge < -0.3 is 14.8 Å². The molecule has 1 aliphatic rings. The molecule has 0 saturated carbocycles. The Bertz CT molecular complexity index is 1280. The van der Waals surface area contributed by atoms with Crippen molar-refractivity contribution < 1.29 is 4.79 Å². The van der Waals surface area contributed by atoms with E-state index in [0.29, 0.717) is 29.6 Å². The topological polar surface area (TPSA) is 109 Å². The lowest BCUT2D eigenvalue weighted by molar-refractivity contribution is 0.0674. The number of H-pyrrole nitrogens is 1. The molecule has 1 saturated heterocycles. The van der Waals surface area contributed by atoms with E-state index < -0.39 is 5.56 Å². The number of anilines is 1. The van der Waals surface area contributed by atoms with Crippen LogP contribution in [0.1, 0.15) is 37.0 Å².